The second-order valence-electron chi connectivity index (χ2n) is 7.21. The second kappa shape index (κ2) is 6.94. The first-order valence-electron chi connectivity index (χ1n) is 9.30. The lowest BCUT2D eigenvalue weighted by Gasteiger charge is -2.31. The molecule has 4 nitrogen and oxygen atoms in total. The van der Waals surface area contributed by atoms with Crippen LogP contribution < -0.4 is 0 Å². The van der Waals surface area contributed by atoms with Crippen molar-refractivity contribution in [2.75, 3.05) is 6.54 Å². The maximum Gasteiger partial charge on any atom is 0.275 e. The molecule has 4 rings (SSSR count). The molecule has 132 valence electrons. The molecule has 1 saturated carbocycles. The molecule has 0 radical (unpaired) electrons. The van der Waals surface area contributed by atoms with Gasteiger partial charge in [0.25, 0.3) is 5.91 Å². The first-order valence-corrected chi connectivity index (χ1v) is 10.1. The van der Waals surface area contributed by atoms with Gasteiger partial charge < -0.3 is 4.90 Å². The summed E-state index contributed by atoms with van der Waals surface area (Å²) in [5, 5.41) is 7.44. The average molecular weight is 402 g/mol. The number of hydrogen-bond acceptors (Lipinski definition) is 2. The van der Waals surface area contributed by atoms with E-state index < -0.39 is 0 Å². The third-order valence-electron chi connectivity index (χ3n) is 5.61. The molecule has 1 aromatic heterocycles. The molecule has 1 saturated heterocycles. The largest absolute Gasteiger partial charge is 0.334 e. The van der Waals surface area contributed by atoms with Gasteiger partial charge in [0.15, 0.2) is 5.69 Å². The number of nitrogens with zero attached hydrogens (tertiary/aromatic N) is 2. The van der Waals surface area contributed by atoms with Crippen LogP contribution in [0, 0.1) is 0 Å². The van der Waals surface area contributed by atoms with E-state index in [0.29, 0.717) is 17.5 Å². The van der Waals surface area contributed by atoms with Gasteiger partial charge in [0.2, 0.25) is 0 Å². The fourth-order valence-corrected chi connectivity index (χ4v) is 4.83. The van der Waals surface area contributed by atoms with Crippen LogP contribution in [0.2, 0.25) is 0 Å². The summed E-state index contributed by atoms with van der Waals surface area (Å²) in [7, 11) is 0. The standard InChI is InChI=1S/C20H24BrN3O/c1-2-15(13-7-4-3-5-8-13)16-9-6-12-24(16)20(25)19-17(21)18(22-23-19)14-10-11-14/h3-5,7-8,14-16H,2,6,9-12H2,1H3,(H,22,23)/t15-,16+/m1/s1. The van der Waals surface area contributed by atoms with Crippen molar-refractivity contribution in [1.29, 1.82) is 0 Å². The zero-order chi connectivity index (χ0) is 17.4. The van der Waals surface area contributed by atoms with Crippen molar-refractivity contribution in [2.45, 2.75) is 56.9 Å². The number of carbonyl (C=O) groups is 1. The molecule has 5 heteroatoms. The topological polar surface area (TPSA) is 49.0 Å². The first kappa shape index (κ1) is 16.8. The van der Waals surface area contributed by atoms with Crippen LogP contribution in [-0.2, 0) is 0 Å². The number of carbonyl (C=O) groups excluding carboxylic acids is 1. The van der Waals surface area contributed by atoms with Gasteiger partial charge >= 0.3 is 0 Å². The fraction of sp³-hybridized carbons (Fsp3) is 0.500. The number of rotatable bonds is 5. The van der Waals surface area contributed by atoms with Crippen molar-refractivity contribution in [3.8, 4) is 0 Å². The van der Waals surface area contributed by atoms with Gasteiger partial charge in [-0.05, 0) is 53.6 Å². The smallest absolute Gasteiger partial charge is 0.275 e. The van der Waals surface area contributed by atoms with Gasteiger partial charge in [0, 0.05) is 24.4 Å². The maximum absolute atomic E-state index is 13.2. The molecule has 25 heavy (non-hydrogen) atoms. The van der Waals surface area contributed by atoms with Crippen LogP contribution in [-0.4, -0.2) is 33.6 Å². The monoisotopic (exact) mass is 401 g/mol. The number of likely N-dealkylation sites (tertiary alicyclic amines) is 1. The van der Waals surface area contributed by atoms with Crippen LogP contribution in [0.3, 0.4) is 0 Å². The van der Waals surface area contributed by atoms with Crippen LogP contribution >= 0.6 is 15.9 Å². The third kappa shape index (κ3) is 3.14. The third-order valence-corrected chi connectivity index (χ3v) is 6.42. The van der Waals surface area contributed by atoms with Crippen molar-refractivity contribution in [2.24, 2.45) is 0 Å². The Balaban J connectivity index is 1.59. The highest BCUT2D eigenvalue weighted by molar-refractivity contribution is 9.10. The van der Waals surface area contributed by atoms with Gasteiger partial charge in [-0.1, -0.05) is 37.3 Å². The summed E-state index contributed by atoms with van der Waals surface area (Å²) in [6.45, 7) is 3.04. The molecule has 0 spiro atoms. The summed E-state index contributed by atoms with van der Waals surface area (Å²) in [5.41, 5.74) is 2.97. The van der Waals surface area contributed by atoms with E-state index in [9.17, 15) is 4.79 Å². The van der Waals surface area contributed by atoms with Crippen molar-refractivity contribution in [1.82, 2.24) is 15.1 Å². The molecule has 2 fully saturated rings. The van der Waals surface area contributed by atoms with E-state index in [4.69, 9.17) is 0 Å². The molecule has 1 N–H and O–H groups in total. The second-order valence-corrected chi connectivity index (χ2v) is 8.00. The Morgan fingerprint density at radius 1 is 1.32 bits per heavy atom. The lowest BCUT2D eigenvalue weighted by atomic mass is 9.87. The number of benzene rings is 1. The first-order chi connectivity index (χ1) is 12.2. The van der Waals surface area contributed by atoms with Crippen LogP contribution in [0.4, 0.5) is 0 Å². The molecule has 2 aromatic rings. The van der Waals surface area contributed by atoms with E-state index in [2.05, 4.69) is 62.2 Å². The summed E-state index contributed by atoms with van der Waals surface area (Å²) in [6.07, 6.45) is 5.54. The van der Waals surface area contributed by atoms with Gasteiger partial charge in [0.05, 0.1) is 10.2 Å². The van der Waals surface area contributed by atoms with Crippen molar-refractivity contribution < 1.29 is 4.79 Å². The molecular formula is C20H24BrN3O. The van der Waals surface area contributed by atoms with Crippen molar-refractivity contribution in [3.05, 3.63) is 51.8 Å². The van der Waals surface area contributed by atoms with Gasteiger partial charge in [0.1, 0.15) is 0 Å². The predicted octanol–water partition coefficient (Wildman–Crippen LogP) is 4.85. The molecule has 1 aliphatic carbocycles. The van der Waals surface area contributed by atoms with Crippen molar-refractivity contribution >= 4 is 21.8 Å². The molecule has 2 aliphatic rings. The van der Waals surface area contributed by atoms with Crippen LogP contribution in [0.5, 0.6) is 0 Å². The van der Waals surface area contributed by atoms with Gasteiger partial charge in [-0.2, -0.15) is 5.10 Å². The zero-order valence-corrected chi connectivity index (χ0v) is 16.1. The molecule has 1 aromatic carbocycles. The Labute approximate surface area is 157 Å². The molecule has 0 bridgehead atoms. The summed E-state index contributed by atoms with van der Waals surface area (Å²) >= 11 is 3.62. The van der Waals surface area contributed by atoms with Gasteiger partial charge in [-0.15, -0.1) is 0 Å². The zero-order valence-electron chi connectivity index (χ0n) is 14.5. The van der Waals surface area contributed by atoms with Crippen LogP contribution in [0.15, 0.2) is 34.8 Å². The lowest BCUT2D eigenvalue weighted by molar-refractivity contribution is 0.0707. The normalized spacial score (nSPS) is 21.5. The minimum absolute atomic E-state index is 0.0620. The number of aromatic amines is 1. The predicted molar refractivity (Wildman–Crippen MR) is 102 cm³/mol. The van der Waals surface area contributed by atoms with Crippen molar-refractivity contribution in [3.63, 3.8) is 0 Å². The van der Waals surface area contributed by atoms with E-state index in [-0.39, 0.29) is 11.9 Å². The Bertz CT molecular complexity index is 754. The number of hydrogen-bond donors (Lipinski definition) is 1. The minimum Gasteiger partial charge on any atom is -0.334 e. The molecule has 1 aliphatic heterocycles. The Morgan fingerprint density at radius 3 is 2.76 bits per heavy atom. The van der Waals surface area contributed by atoms with E-state index in [1.807, 2.05) is 6.07 Å². The van der Waals surface area contributed by atoms with E-state index in [0.717, 1.165) is 36.0 Å². The van der Waals surface area contributed by atoms with E-state index >= 15 is 0 Å². The fourth-order valence-electron chi connectivity index (χ4n) is 4.16. The highest BCUT2D eigenvalue weighted by atomic mass is 79.9. The molecule has 2 atom stereocenters. The molecule has 0 unspecified atom stereocenters. The Hall–Kier alpha value is -1.62. The highest BCUT2D eigenvalue weighted by Crippen LogP contribution is 2.43. The summed E-state index contributed by atoms with van der Waals surface area (Å²) in [6, 6.07) is 10.9. The maximum atomic E-state index is 13.2. The SMILES string of the molecule is CC[C@H](c1ccccc1)[C@@H]1CCCN1C(=O)c1n[nH]c(C2CC2)c1Br. The van der Waals surface area contributed by atoms with E-state index in [1.54, 1.807) is 0 Å². The van der Waals surface area contributed by atoms with Crippen LogP contribution in [0.1, 0.15) is 72.6 Å². The highest BCUT2D eigenvalue weighted by Gasteiger charge is 2.38. The number of nitrogens with one attached hydrogen (secondary N) is 1. The van der Waals surface area contributed by atoms with Crippen LogP contribution in [0.25, 0.3) is 0 Å². The number of amides is 1. The summed E-state index contributed by atoms with van der Waals surface area (Å²) < 4.78 is 0.874. The number of H-pyrrole nitrogens is 1. The van der Waals surface area contributed by atoms with Gasteiger partial charge in [-0.3, -0.25) is 9.89 Å². The van der Waals surface area contributed by atoms with E-state index in [1.165, 1.54) is 18.4 Å². The minimum atomic E-state index is 0.0620. The Kier molecular flexibility index (Phi) is 4.67. The Morgan fingerprint density at radius 2 is 2.08 bits per heavy atom. The quantitative estimate of drug-likeness (QED) is 0.778. The summed E-state index contributed by atoms with van der Waals surface area (Å²) in [4.78, 5) is 15.3. The van der Waals surface area contributed by atoms with Gasteiger partial charge in [-0.25, -0.2) is 0 Å². The number of halogens is 1. The number of aromatic nitrogens is 2. The average Bonchev–Trinajstić information content (AvgIpc) is 3.23. The summed E-state index contributed by atoms with van der Waals surface area (Å²) in [5.74, 6) is 0.991. The molecular weight excluding hydrogens is 378 g/mol. The molecule has 2 heterocycles. The lowest BCUT2D eigenvalue weighted by Crippen LogP contribution is -2.39. The molecule has 1 amide bonds.